The van der Waals surface area contributed by atoms with Crippen LogP contribution in [0.3, 0.4) is 0 Å². The van der Waals surface area contributed by atoms with E-state index in [0.717, 1.165) is 38.1 Å². The maximum absolute atomic E-state index is 9.43. The lowest BCUT2D eigenvalue weighted by atomic mass is 9.87. The Morgan fingerprint density at radius 2 is 2.06 bits per heavy atom. The van der Waals surface area contributed by atoms with Crippen molar-refractivity contribution in [3.05, 3.63) is 5.89 Å². The molecule has 0 spiro atoms. The summed E-state index contributed by atoms with van der Waals surface area (Å²) >= 11 is 0. The molecule has 1 aromatic rings. The molecule has 0 bridgehead atoms. The van der Waals surface area contributed by atoms with Gasteiger partial charge in [-0.1, -0.05) is 0 Å². The van der Waals surface area contributed by atoms with Crippen LogP contribution in [0.15, 0.2) is 4.52 Å². The molecule has 90 valence electrons. The molecule has 1 aromatic heterocycles. The summed E-state index contributed by atoms with van der Waals surface area (Å²) in [6.07, 6.45) is 3.42. The maximum Gasteiger partial charge on any atom is 0.265 e. The monoisotopic (exact) mass is 225 g/mol. The smallest absolute Gasteiger partial charge is 0.265 e. The normalized spacial score (nSPS) is 25.7. The molecule has 16 heavy (non-hydrogen) atoms. The summed E-state index contributed by atoms with van der Waals surface area (Å²) in [6, 6.07) is 0. The number of anilines is 1. The molecule has 0 unspecified atom stereocenters. The Balaban J connectivity index is 2.01. The van der Waals surface area contributed by atoms with E-state index in [1.807, 2.05) is 18.9 Å². The van der Waals surface area contributed by atoms with Crippen molar-refractivity contribution in [2.45, 2.75) is 44.6 Å². The molecule has 1 saturated carbocycles. The minimum absolute atomic E-state index is 0.142. The maximum atomic E-state index is 9.43. The summed E-state index contributed by atoms with van der Waals surface area (Å²) in [5.41, 5.74) is 0. The van der Waals surface area contributed by atoms with Gasteiger partial charge in [0.2, 0.25) is 5.89 Å². The van der Waals surface area contributed by atoms with Crippen LogP contribution in [0.1, 0.15) is 44.4 Å². The first-order valence-electron chi connectivity index (χ1n) is 5.93. The van der Waals surface area contributed by atoms with Crippen molar-refractivity contribution in [2.75, 3.05) is 18.5 Å². The third kappa shape index (κ3) is 2.35. The highest BCUT2D eigenvalue weighted by atomic mass is 16.5. The second-order valence-corrected chi connectivity index (χ2v) is 4.45. The lowest BCUT2D eigenvalue weighted by Gasteiger charge is -2.22. The molecule has 1 N–H and O–H groups in total. The van der Waals surface area contributed by atoms with Crippen LogP contribution in [0, 0.1) is 0 Å². The Labute approximate surface area is 95.4 Å². The van der Waals surface area contributed by atoms with Crippen molar-refractivity contribution >= 4 is 5.95 Å². The van der Waals surface area contributed by atoms with Crippen LogP contribution in [-0.4, -0.2) is 34.9 Å². The van der Waals surface area contributed by atoms with Crippen LogP contribution >= 0.6 is 0 Å². The van der Waals surface area contributed by atoms with Crippen molar-refractivity contribution in [1.29, 1.82) is 0 Å². The van der Waals surface area contributed by atoms with Crippen LogP contribution in [0.25, 0.3) is 0 Å². The zero-order chi connectivity index (χ0) is 11.5. The predicted octanol–water partition coefficient (Wildman–Crippen LogP) is 1.54. The minimum atomic E-state index is -0.142. The van der Waals surface area contributed by atoms with E-state index in [9.17, 15) is 5.11 Å². The van der Waals surface area contributed by atoms with E-state index in [2.05, 4.69) is 10.1 Å². The van der Waals surface area contributed by atoms with Gasteiger partial charge in [0.1, 0.15) is 0 Å². The summed E-state index contributed by atoms with van der Waals surface area (Å²) in [6.45, 7) is 2.91. The molecular formula is C11H19N3O2. The second kappa shape index (κ2) is 4.82. The summed E-state index contributed by atoms with van der Waals surface area (Å²) in [4.78, 5) is 6.35. The highest BCUT2D eigenvalue weighted by Gasteiger charge is 2.25. The van der Waals surface area contributed by atoms with Crippen molar-refractivity contribution in [3.8, 4) is 0 Å². The molecule has 5 nitrogen and oxygen atoms in total. The summed E-state index contributed by atoms with van der Waals surface area (Å²) in [7, 11) is 1.94. The number of aliphatic hydroxyl groups excluding tert-OH is 1. The number of aliphatic hydroxyl groups is 1. The first-order valence-corrected chi connectivity index (χ1v) is 5.93. The Kier molecular flexibility index (Phi) is 3.43. The summed E-state index contributed by atoms with van der Waals surface area (Å²) < 4.78 is 5.28. The Hall–Kier alpha value is -1.10. The zero-order valence-electron chi connectivity index (χ0n) is 9.89. The fourth-order valence-electron chi connectivity index (χ4n) is 2.01. The first-order chi connectivity index (χ1) is 7.70. The molecule has 5 heteroatoms. The molecule has 0 amide bonds. The highest BCUT2D eigenvalue weighted by molar-refractivity contribution is 5.25. The average Bonchev–Trinajstić information content (AvgIpc) is 2.78. The number of rotatable bonds is 3. The standard InChI is InChI=1S/C11H19N3O2/c1-3-14(2)11-12-10(16-13-11)8-4-6-9(15)7-5-8/h8-9,15H,3-7H2,1-2H3. The van der Waals surface area contributed by atoms with Crippen LogP contribution in [0.2, 0.25) is 0 Å². The summed E-state index contributed by atoms with van der Waals surface area (Å²) in [5.74, 6) is 1.71. The molecule has 1 heterocycles. The molecule has 2 rings (SSSR count). The minimum Gasteiger partial charge on any atom is -0.393 e. The predicted molar refractivity (Wildman–Crippen MR) is 60.5 cm³/mol. The summed E-state index contributed by atoms with van der Waals surface area (Å²) in [5, 5.41) is 13.4. The molecule has 1 fully saturated rings. The average molecular weight is 225 g/mol. The number of aromatic nitrogens is 2. The van der Waals surface area contributed by atoms with Crippen LogP contribution in [0.5, 0.6) is 0 Å². The van der Waals surface area contributed by atoms with E-state index in [1.165, 1.54) is 0 Å². The first kappa shape index (κ1) is 11.4. The fraction of sp³-hybridized carbons (Fsp3) is 0.818. The highest BCUT2D eigenvalue weighted by Crippen LogP contribution is 2.32. The molecule has 0 saturated heterocycles. The lowest BCUT2D eigenvalue weighted by molar-refractivity contribution is 0.116. The van der Waals surface area contributed by atoms with Crippen molar-refractivity contribution < 1.29 is 9.63 Å². The quantitative estimate of drug-likeness (QED) is 0.845. The van der Waals surface area contributed by atoms with Gasteiger partial charge in [0.25, 0.3) is 5.95 Å². The van der Waals surface area contributed by atoms with E-state index in [1.54, 1.807) is 0 Å². The van der Waals surface area contributed by atoms with Gasteiger partial charge in [-0.3, -0.25) is 0 Å². The molecule has 0 aliphatic heterocycles. The Bertz CT molecular complexity index is 332. The van der Waals surface area contributed by atoms with Gasteiger partial charge < -0.3 is 14.5 Å². The molecule has 0 radical (unpaired) electrons. The Morgan fingerprint density at radius 1 is 1.38 bits per heavy atom. The number of hydrogen-bond acceptors (Lipinski definition) is 5. The van der Waals surface area contributed by atoms with Gasteiger partial charge in [-0.2, -0.15) is 4.98 Å². The van der Waals surface area contributed by atoms with Gasteiger partial charge in [-0.15, -0.1) is 0 Å². The van der Waals surface area contributed by atoms with Crippen LogP contribution in [-0.2, 0) is 0 Å². The van der Waals surface area contributed by atoms with E-state index in [-0.39, 0.29) is 6.10 Å². The molecule has 0 atom stereocenters. The van der Waals surface area contributed by atoms with Crippen LogP contribution < -0.4 is 4.90 Å². The van der Waals surface area contributed by atoms with Gasteiger partial charge in [0.05, 0.1) is 6.10 Å². The number of nitrogens with zero attached hydrogens (tertiary/aromatic N) is 3. The van der Waals surface area contributed by atoms with Crippen LogP contribution in [0.4, 0.5) is 5.95 Å². The topological polar surface area (TPSA) is 62.4 Å². The van der Waals surface area contributed by atoms with Crippen molar-refractivity contribution in [2.24, 2.45) is 0 Å². The third-order valence-electron chi connectivity index (χ3n) is 3.29. The van der Waals surface area contributed by atoms with E-state index < -0.39 is 0 Å². The van der Waals surface area contributed by atoms with Crippen molar-refractivity contribution in [3.63, 3.8) is 0 Å². The van der Waals surface area contributed by atoms with Gasteiger partial charge in [0, 0.05) is 19.5 Å². The molecule has 1 aliphatic rings. The SMILES string of the molecule is CCN(C)c1noc(C2CCC(O)CC2)n1. The second-order valence-electron chi connectivity index (χ2n) is 4.45. The van der Waals surface area contributed by atoms with Crippen molar-refractivity contribution in [1.82, 2.24) is 10.1 Å². The third-order valence-corrected chi connectivity index (χ3v) is 3.29. The van der Waals surface area contributed by atoms with E-state index in [4.69, 9.17) is 4.52 Å². The van der Waals surface area contributed by atoms with Gasteiger partial charge in [-0.05, 0) is 37.8 Å². The molecular weight excluding hydrogens is 206 g/mol. The molecule has 1 aliphatic carbocycles. The fourth-order valence-corrected chi connectivity index (χ4v) is 2.01. The largest absolute Gasteiger partial charge is 0.393 e. The molecule has 0 aromatic carbocycles. The van der Waals surface area contributed by atoms with Gasteiger partial charge in [0.15, 0.2) is 0 Å². The van der Waals surface area contributed by atoms with E-state index in [0.29, 0.717) is 11.9 Å². The van der Waals surface area contributed by atoms with E-state index >= 15 is 0 Å². The van der Waals surface area contributed by atoms with Gasteiger partial charge >= 0.3 is 0 Å². The van der Waals surface area contributed by atoms with Gasteiger partial charge in [-0.25, -0.2) is 0 Å². The Morgan fingerprint density at radius 3 is 2.69 bits per heavy atom. The lowest BCUT2D eigenvalue weighted by Crippen LogP contribution is -2.18. The number of hydrogen-bond donors (Lipinski definition) is 1. The zero-order valence-corrected chi connectivity index (χ0v) is 9.89.